The molecule has 20 heavy (non-hydrogen) atoms. The molecule has 0 aliphatic heterocycles. The van der Waals surface area contributed by atoms with Gasteiger partial charge < -0.3 is 14.8 Å². The van der Waals surface area contributed by atoms with Gasteiger partial charge in [-0.25, -0.2) is 4.98 Å². The van der Waals surface area contributed by atoms with E-state index in [1.165, 1.54) is 16.9 Å². The quantitative estimate of drug-likeness (QED) is 0.907. The van der Waals surface area contributed by atoms with Gasteiger partial charge in [-0.2, -0.15) is 0 Å². The minimum Gasteiger partial charge on any atom is -0.379 e. The number of nitrogens with one attached hydrogen (secondary N) is 1. The average Bonchev–Trinajstić information content (AvgIpc) is 2.78. The molecule has 0 aliphatic rings. The summed E-state index contributed by atoms with van der Waals surface area (Å²) >= 11 is 0. The van der Waals surface area contributed by atoms with Crippen LogP contribution in [0.3, 0.4) is 0 Å². The molecule has 0 aliphatic carbocycles. The summed E-state index contributed by atoms with van der Waals surface area (Å²) in [5.41, 5.74) is 3.73. The lowest BCUT2D eigenvalue weighted by molar-refractivity contribution is 0.810. The highest BCUT2D eigenvalue weighted by Crippen LogP contribution is 2.24. The molecule has 0 saturated heterocycles. The Bertz CT molecular complexity index is 570. The summed E-state index contributed by atoms with van der Waals surface area (Å²) in [4.78, 5) is 6.45. The second-order valence-corrected chi connectivity index (χ2v) is 5.60. The van der Waals surface area contributed by atoms with Crippen molar-refractivity contribution in [2.24, 2.45) is 7.05 Å². The molecular weight excluding hydrogens is 248 g/mol. The second kappa shape index (κ2) is 5.99. The van der Waals surface area contributed by atoms with Crippen LogP contribution in [0, 0.1) is 0 Å². The van der Waals surface area contributed by atoms with Crippen LogP contribution in [-0.2, 0) is 13.6 Å². The smallest absolute Gasteiger partial charge is 0.204 e. The molecule has 2 aromatic rings. The Hall–Kier alpha value is -1.97. The maximum Gasteiger partial charge on any atom is 0.204 e. The predicted octanol–water partition coefficient (Wildman–Crippen LogP) is 3.22. The van der Waals surface area contributed by atoms with Crippen LogP contribution >= 0.6 is 0 Å². The third-order valence-electron chi connectivity index (χ3n) is 3.50. The lowest BCUT2D eigenvalue weighted by atomic mass is 10.0. The summed E-state index contributed by atoms with van der Waals surface area (Å²) in [6, 6.07) is 8.48. The highest BCUT2D eigenvalue weighted by atomic mass is 15.3. The summed E-state index contributed by atoms with van der Waals surface area (Å²) in [7, 11) is 6.06. The summed E-state index contributed by atoms with van der Waals surface area (Å²) in [5, 5.41) is 3.52. The molecule has 2 rings (SSSR count). The van der Waals surface area contributed by atoms with Gasteiger partial charge in [0.05, 0.1) is 18.4 Å². The number of para-hydroxylation sites is 1. The Labute approximate surface area is 121 Å². The normalized spacial score (nSPS) is 10.9. The van der Waals surface area contributed by atoms with E-state index in [9.17, 15) is 0 Å². The van der Waals surface area contributed by atoms with Gasteiger partial charge in [0.2, 0.25) is 5.95 Å². The van der Waals surface area contributed by atoms with Crippen molar-refractivity contribution in [2.75, 3.05) is 24.3 Å². The van der Waals surface area contributed by atoms with Crippen molar-refractivity contribution < 1.29 is 0 Å². The van der Waals surface area contributed by atoms with Crippen molar-refractivity contribution in [1.29, 1.82) is 0 Å². The second-order valence-electron chi connectivity index (χ2n) is 5.60. The Kier molecular flexibility index (Phi) is 4.32. The Morgan fingerprint density at radius 1 is 1.25 bits per heavy atom. The van der Waals surface area contributed by atoms with Gasteiger partial charge in [-0.1, -0.05) is 32.0 Å². The first-order valence-corrected chi connectivity index (χ1v) is 7.01. The molecule has 1 aromatic heterocycles. The molecule has 0 amide bonds. The van der Waals surface area contributed by atoms with Crippen molar-refractivity contribution in [3.05, 3.63) is 41.7 Å². The zero-order valence-electron chi connectivity index (χ0n) is 13.0. The van der Waals surface area contributed by atoms with Crippen LogP contribution in [0.15, 0.2) is 30.5 Å². The zero-order valence-corrected chi connectivity index (χ0v) is 13.0. The Balaban J connectivity index is 2.13. The van der Waals surface area contributed by atoms with Gasteiger partial charge in [-0.15, -0.1) is 0 Å². The molecular formula is C16H24N4. The molecule has 1 N–H and O–H groups in total. The van der Waals surface area contributed by atoms with Crippen molar-refractivity contribution in [1.82, 2.24) is 9.55 Å². The van der Waals surface area contributed by atoms with Crippen LogP contribution in [0.1, 0.15) is 31.0 Å². The van der Waals surface area contributed by atoms with Crippen LogP contribution in [-0.4, -0.2) is 23.6 Å². The summed E-state index contributed by atoms with van der Waals surface area (Å²) < 4.78 is 2.12. The first-order valence-electron chi connectivity index (χ1n) is 7.01. The first kappa shape index (κ1) is 14.4. The Morgan fingerprint density at radius 3 is 2.55 bits per heavy atom. The number of rotatable bonds is 5. The van der Waals surface area contributed by atoms with Gasteiger partial charge in [0.15, 0.2) is 0 Å². The van der Waals surface area contributed by atoms with Crippen LogP contribution in [0.25, 0.3) is 0 Å². The zero-order chi connectivity index (χ0) is 14.7. The van der Waals surface area contributed by atoms with E-state index in [1.54, 1.807) is 0 Å². The largest absolute Gasteiger partial charge is 0.379 e. The molecule has 0 unspecified atom stereocenters. The average molecular weight is 272 g/mol. The summed E-state index contributed by atoms with van der Waals surface area (Å²) in [5.74, 6) is 1.49. The van der Waals surface area contributed by atoms with Gasteiger partial charge in [0.25, 0.3) is 0 Å². The third-order valence-corrected chi connectivity index (χ3v) is 3.50. The SMILES string of the molecule is CC(C)c1ccccc1NCc1cnc(N(C)C)n1C. The highest BCUT2D eigenvalue weighted by Gasteiger charge is 2.09. The van der Waals surface area contributed by atoms with Gasteiger partial charge in [-0.05, 0) is 17.5 Å². The number of imidazole rings is 1. The number of nitrogens with zero attached hydrogens (tertiary/aromatic N) is 3. The predicted molar refractivity (Wildman–Crippen MR) is 85.4 cm³/mol. The van der Waals surface area contributed by atoms with E-state index < -0.39 is 0 Å². The lowest BCUT2D eigenvalue weighted by Crippen LogP contribution is -2.15. The van der Waals surface area contributed by atoms with Gasteiger partial charge in [0, 0.05) is 26.8 Å². The summed E-state index contributed by atoms with van der Waals surface area (Å²) in [6.45, 7) is 5.21. The molecule has 0 atom stereocenters. The molecule has 0 saturated carbocycles. The number of hydrogen-bond donors (Lipinski definition) is 1. The van der Waals surface area contributed by atoms with Crippen molar-refractivity contribution in [3.63, 3.8) is 0 Å². The van der Waals surface area contributed by atoms with Gasteiger partial charge >= 0.3 is 0 Å². The van der Waals surface area contributed by atoms with Crippen LogP contribution < -0.4 is 10.2 Å². The molecule has 1 heterocycles. The van der Waals surface area contributed by atoms with E-state index in [1.807, 2.05) is 32.2 Å². The molecule has 0 fully saturated rings. The number of hydrogen-bond acceptors (Lipinski definition) is 3. The number of benzene rings is 1. The maximum absolute atomic E-state index is 4.43. The van der Waals surface area contributed by atoms with E-state index in [-0.39, 0.29) is 0 Å². The van der Waals surface area contributed by atoms with Crippen molar-refractivity contribution >= 4 is 11.6 Å². The number of anilines is 2. The van der Waals surface area contributed by atoms with E-state index in [0.29, 0.717) is 5.92 Å². The molecule has 1 aromatic carbocycles. The monoisotopic (exact) mass is 272 g/mol. The molecule has 0 spiro atoms. The highest BCUT2D eigenvalue weighted by molar-refractivity contribution is 5.52. The van der Waals surface area contributed by atoms with E-state index in [4.69, 9.17) is 0 Å². The minimum atomic E-state index is 0.516. The van der Waals surface area contributed by atoms with Crippen LogP contribution in [0.2, 0.25) is 0 Å². The first-order chi connectivity index (χ1) is 9.50. The van der Waals surface area contributed by atoms with Crippen molar-refractivity contribution in [2.45, 2.75) is 26.3 Å². The molecule has 0 bridgehead atoms. The maximum atomic E-state index is 4.43. The fourth-order valence-electron chi connectivity index (χ4n) is 2.36. The molecule has 0 radical (unpaired) electrons. The van der Waals surface area contributed by atoms with Crippen LogP contribution in [0.5, 0.6) is 0 Å². The van der Waals surface area contributed by atoms with Crippen molar-refractivity contribution in [3.8, 4) is 0 Å². The lowest BCUT2D eigenvalue weighted by Gasteiger charge is -2.16. The summed E-state index contributed by atoms with van der Waals surface area (Å²) in [6.07, 6.45) is 1.93. The van der Waals surface area contributed by atoms with Gasteiger partial charge in [0.1, 0.15) is 0 Å². The van der Waals surface area contributed by atoms with Gasteiger partial charge in [-0.3, -0.25) is 0 Å². The fourth-order valence-corrected chi connectivity index (χ4v) is 2.36. The number of aromatic nitrogens is 2. The fraction of sp³-hybridized carbons (Fsp3) is 0.438. The standard InChI is InChI=1S/C16H24N4/c1-12(2)14-8-6-7-9-15(14)17-10-13-11-18-16(19(3)4)20(13)5/h6-9,11-12,17H,10H2,1-5H3. The third kappa shape index (κ3) is 2.95. The molecule has 4 heteroatoms. The van der Waals surface area contributed by atoms with Crippen LogP contribution in [0.4, 0.5) is 11.6 Å². The van der Waals surface area contributed by atoms with E-state index in [0.717, 1.165) is 12.5 Å². The van der Waals surface area contributed by atoms with E-state index >= 15 is 0 Å². The molecule has 108 valence electrons. The molecule has 4 nitrogen and oxygen atoms in total. The van der Waals surface area contributed by atoms with E-state index in [2.05, 4.69) is 53.0 Å². The minimum absolute atomic E-state index is 0.516. The topological polar surface area (TPSA) is 33.1 Å². The Morgan fingerprint density at radius 2 is 1.95 bits per heavy atom.